The van der Waals surface area contributed by atoms with Gasteiger partial charge in [0.25, 0.3) is 0 Å². The maximum atomic E-state index is 4.59. The molecule has 0 amide bonds. The third-order valence-electron chi connectivity index (χ3n) is 4.47. The molecule has 112 valence electrons. The van der Waals surface area contributed by atoms with E-state index in [0.29, 0.717) is 0 Å². The van der Waals surface area contributed by atoms with Gasteiger partial charge in [0.2, 0.25) is 0 Å². The van der Waals surface area contributed by atoms with Crippen LogP contribution >= 0.6 is 0 Å². The highest BCUT2D eigenvalue weighted by atomic mass is 15.0. The predicted octanol–water partition coefficient (Wildman–Crippen LogP) is 3.78. The first-order valence-corrected chi connectivity index (χ1v) is 8.09. The topological polar surface area (TPSA) is 29.9 Å². The molecule has 1 aliphatic carbocycles. The Morgan fingerprint density at radius 1 is 1.33 bits per heavy atom. The zero-order chi connectivity index (χ0) is 14.7. The van der Waals surface area contributed by atoms with Crippen LogP contribution < -0.4 is 5.32 Å². The van der Waals surface area contributed by atoms with Gasteiger partial charge in [0.05, 0.1) is 18.1 Å². The molecule has 21 heavy (non-hydrogen) atoms. The zero-order valence-corrected chi connectivity index (χ0v) is 13.0. The number of nitrogens with zero attached hydrogens (tertiary/aromatic N) is 2. The van der Waals surface area contributed by atoms with Gasteiger partial charge >= 0.3 is 0 Å². The summed E-state index contributed by atoms with van der Waals surface area (Å²) in [4.78, 5) is 4.59. The lowest BCUT2D eigenvalue weighted by Gasteiger charge is -2.30. The van der Waals surface area contributed by atoms with Crippen molar-refractivity contribution in [2.75, 3.05) is 6.54 Å². The quantitative estimate of drug-likeness (QED) is 0.874. The second-order valence-corrected chi connectivity index (χ2v) is 6.11. The van der Waals surface area contributed by atoms with E-state index in [1.165, 1.54) is 30.4 Å². The van der Waals surface area contributed by atoms with Crippen LogP contribution in [0.5, 0.6) is 0 Å². The van der Waals surface area contributed by atoms with Crippen molar-refractivity contribution in [3.05, 3.63) is 53.6 Å². The van der Waals surface area contributed by atoms with Gasteiger partial charge in [0.1, 0.15) is 0 Å². The monoisotopic (exact) mass is 283 g/mol. The molecule has 3 nitrogen and oxygen atoms in total. The molecule has 0 saturated heterocycles. The lowest BCUT2D eigenvalue weighted by atomic mass is 9.77. The summed E-state index contributed by atoms with van der Waals surface area (Å²) in [6.45, 7) is 3.22. The van der Waals surface area contributed by atoms with E-state index < -0.39 is 0 Å². The lowest BCUT2D eigenvalue weighted by molar-refractivity contribution is 0.413. The smallest absolute Gasteiger partial charge is 0.0947 e. The number of aromatic nitrogens is 2. The van der Waals surface area contributed by atoms with Crippen LogP contribution in [0, 0.1) is 0 Å². The standard InChI is InChI=1S/C18H25N3/c1-3-11-19-18(17-12-21(2)13-20-17)16-10-5-4-9-15(16)14-7-6-8-14/h4-5,9-10,12-14,18-19H,3,6-8,11H2,1-2H3. The first-order chi connectivity index (χ1) is 10.3. The van der Waals surface area contributed by atoms with Gasteiger partial charge in [-0.05, 0) is 42.9 Å². The van der Waals surface area contributed by atoms with Gasteiger partial charge in [-0.15, -0.1) is 0 Å². The van der Waals surface area contributed by atoms with Crippen LogP contribution in [0.1, 0.15) is 61.4 Å². The molecular weight excluding hydrogens is 258 g/mol. The van der Waals surface area contributed by atoms with Crippen molar-refractivity contribution in [3.63, 3.8) is 0 Å². The van der Waals surface area contributed by atoms with E-state index in [2.05, 4.69) is 47.7 Å². The number of hydrogen-bond acceptors (Lipinski definition) is 2. The molecule has 1 aliphatic rings. The van der Waals surface area contributed by atoms with Gasteiger partial charge in [0.15, 0.2) is 0 Å². The average Bonchev–Trinajstić information content (AvgIpc) is 2.85. The summed E-state index contributed by atoms with van der Waals surface area (Å²) in [6.07, 6.45) is 9.19. The number of rotatable bonds is 6. The van der Waals surface area contributed by atoms with E-state index in [-0.39, 0.29) is 6.04 Å². The normalized spacial score (nSPS) is 16.7. The summed E-state index contributed by atoms with van der Waals surface area (Å²) in [5.74, 6) is 0.746. The Kier molecular flexibility index (Phi) is 4.39. The molecule has 1 saturated carbocycles. The van der Waals surface area contributed by atoms with E-state index in [9.17, 15) is 0 Å². The van der Waals surface area contributed by atoms with Crippen molar-refractivity contribution >= 4 is 0 Å². The third kappa shape index (κ3) is 3.03. The van der Waals surface area contributed by atoms with Gasteiger partial charge in [-0.25, -0.2) is 4.98 Å². The van der Waals surface area contributed by atoms with Crippen LogP contribution in [0.15, 0.2) is 36.8 Å². The molecule has 0 aliphatic heterocycles. The van der Waals surface area contributed by atoms with E-state index in [1.807, 2.05) is 17.9 Å². The highest BCUT2D eigenvalue weighted by Crippen LogP contribution is 2.40. The van der Waals surface area contributed by atoms with Crippen LogP contribution in [-0.4, -0.2) is 16.1 Å². The zero-order valence-electron chi connectivity index (χ0n) is 13.0. The molecule has 3 rings (SSSR count). The summed E-state index contributed by atoms with van der Waals surface area (Å²) < 4.78 is 2.03. The van der Waals surface area contributed by atoms with Crippen LogP contribution in [0.25, 0.3) is 0 Å². The van der Waals surface area contributed by atoms with Crippen molar-refractivity contribution in [2.45, 2.75) is 44.6 Å². The largest absolute Gasteiger partial charge is 0.340 e. The molecule has 0 bridgehead atoms. The highest BCUT2D eigenvalue weighted by Gasteiger charge is 2.26. The Bertz CT molecular complexity index is 584. The highest BCUT2D eigenvalue weighted by molar-refractivity contribution is 5.38. The van der Waals surface area contributed by atoms with Crippen LogP contribution in [0.3, 0.4) is 0 Å². The number of benzene rings is 1. The Balaban J connectivity index is 1.95. The molecule has 1 heterocycles. The molecule has 3 heteroatoms. The average molecular weight is 283 g/mol. The Labute approximate surface area is 127 Å². The van der Waals surface area contributed by atoms with Crippen LogP contribution in [0.4, 0.5) is 0 Å². The van der Waals surface area contributed by atoms with Gasteiger partial charge in [-0.2, -0.15) is 0 Å². The first kappa shape index (κ1) is 14.3. The van der Waals surface area contributed by atoms with E-state index in [4.69, 9.17) is 0 Å². The van der Waals surface area contributed by atoms with E-state index in [1.54, 1.807) is 0 Å². The Morgan fingerprint density at radius 3 is 2.76 bits per heavy atom. The number of nitrogens with one attached hydrogen (secondary N) is 1. The third-order valence-corrected chi connectivity index (χ3v) is 4.47. The Hall–Kier alpha value is -1.61. The maximum Gasteiger partial charge on any atom is 0.0947 e. The van der Waals surface area contributed by atoms with Crippen molar-refractivity contribution in [2.24, 2.45) is 7.05 Å². The van der Waals surface area contributed by atoms with Crippen LogP contribution in [-0.2, 0) is 7.05 Å². The SMILES string of the molecule is CCCNC(c1cn(C)cn1)c1ccccc1C1CCC1. The molecule has 1 aromatic carbocycles. The molecule has 1 fully saturated rings. The van der Waals surface area contributed by atoms with Gasteiger partial charge in [-0.1, -0.05) is 37.6 Å². The molecule has 1 unspecified atom stereocenters. The molecule has 1 atom stereocenters. The van der Waals surface area contributed by atoms with Gasteiger partial charge in [0, 0.05) is 13.2 Å². The summed E-state index contributed by atoms with van der Waals surface area (Å²) >= 11 is 0. The number of imidazole rings is 1. The fourth-order valence-corrected chi connectivity index (χ4v) is 3.11. The molecule has 0 radical (unpaired) electrons. The second kappa shape index (κ2) is 6.44. The van der Waals surface area contributed by atoms with Crippen molar-refractivity contribution in [1.82, 2.24) is 14.9 Å². The fourth-order valence-electron chi connectivity index (χ4n) is 3.11. The minimum absolute atomic E-state index is 0.211. The minimum atomic E-state index is 0.211. The van der Waals surface area contributed by atoms with Crippen molar-refractivity contribution in [3.8, 4) is 0 Å². The summed E-state index contributed by atoms with van der Waals surface area (Å²) in [5.41, 5.74) is 4.05. The lowest BCUT2D eigenvalue weighted by Crippen LogP contribution is -2.26. The fraction of sp³-hybridized carbons (Fsp3) is 0.500. The summed E-state index contributed by atoms with van der Waals surface area (Å²) in [7, 11) is 2.03. The van der Waals surface area contributed by atoms with E-state index >= 15 is 0 Å². The van der Waals surface area contributed by atoms with Crippen molar-refractivity contribution < 1.29 is 0 Å². The minimum Gasteiger partial charge on any atom is -0.340 e. The number of aryl methyl sites for hydroxylation is 1. The summed E-state index contributed by atoms with van der Waals surface area (Å²) in [6, 6.07) is 9.12. The predicted molar refractivity (Wildman–Crippen MR) is 86.4 cm³/mol. The second-order valence-electron chi connectivity index (χ2n) is 6.11. The molecule has 0 spiro atoms. The molecule has 2 aromatic rings. The Morgan fingerprint density at radius 2 is 2.14 bits per heavy atom. The van der Waals surface area contributed by atoms with Crippen molar-refractivity contribution in [1.29, 1.82) is 0 Å². The van der Waals surface area contributed by atoms with Gasteiger partial charge < -0.3 is 9.88 Å². The first-order valence-electron chi connectivity index (χ1n) is 8.09. The molecular formula is C18H25N3. The maximum absolute atomic E-state index is 4.59. The summed E-state index contributed by atoms with van der Waals surface area (Å²) in [5, 5.41) is 3.68. The van der Waals surface area contributed by atoms with Gasteiger partial charge in [-0.3, -0.25) is 0 Å². The molecule has 1 aromatic heterocycles. The molecule has 1 N–H and O–H groups in total. The van der Waals surface area contributed by atoms with E-state index in [0.717, 1.165) is 24.6 Å². The van der Waals surface area contributed by atoms with Crippen LogP contribution in [0.2, 0.25) is 0 Å². The number of hydrogen-bond donors (Lipinski definition) is 1.